The van der Waals surface area contributed by atoms with E-state index in [0.717, 1.165) is 16.3 Å². The van der Waals surface area contributed by atoms with Crippen LogP contribution in [0.15, 0.2) is 53.1 Å². The molecule has 0 aliphatic carbocycles. The minimum absolute atomic E-state index is 0.130. The zero-order chi connectivity index (χ0) is 19.1. The Hall–Kier alpha value is -3.25. The first-order chi connectivity index (χ1) is 13.0. The van der Waals surface area contributed by atoms with Crippen molar-refractivity contribution in [1.82, 2.24) is 15.4 Å². The first-order valence-electron chi connectivity index (χ1n) is 8.29. The third-order valence-corrected chi connectivity index (χ3v) is 4.77. The first kappa shape index (κ1) is 17.2. The number of hydrogen-bond acceptors (Lipinski definition) is 3. The van der Waals surface area contributed by atoms with Crippen LogP contribution in [0.5, 0.6) is 0 Å². The molecule has 0 bridgehead atoms. The second-order valence-corrected chi connectivity index (χ2v) is 6.71. The lowest BCUT2D eigenvalue weighted by molar-refractivity contribution is 0.0832. The van der Waals surface area contributed by atoms with Gasteiger partial charge in [0, 0.05) is 40.1 Å². The fourth-order valence-corrected chi connectivity index (χ4v) is 3.34. The molecule has 0 saturated carbocycles. The number of nitrogens with zero attached hydrogens (tertiary/aromatic N) is 1. The van der Waals surface area contributed by atoms with Crippen molar-refractivity contribution < 1.29 is 14.0 Å². The molecule has 2 heterocycles. The molecule has 4 aromatic rings. The average Bonchev–Trinajstić information content (AvgIpc) is 3.18. The highest BCUT2D eigenvalue weighted by Gasteiger charge is 2.19. The van der Waals surface area contributed by atoms with Gasteiger partial charge in [-0.2, -0.15) is 0 Å². The summed E-state index contributed by atoms with van der Waals surface area (Å²) in [6.07, 6.45) is 1.72. The van der Waals surface area contributed by atoms with E-state index in [1.807, 2.05) is 35.9 Å². The molecule has 0 atom stereocenters. The second kappa shape index (κ2) is 6.48. The monoisotopic (exact) mass is 381 g/mol. The SMILES string of the molecule is Cc1c(C(=O)NNC(=O)c2cn(C)c3ccccc23)oc2ccc(Cl)cc12. The van der Waals surface area contributed by atoms with Crippen molar-refractivity contribution in [2.45, 2.75) is 6.92 Å². The maximum absolute atomic E-state index is 12.5. The molecule has 0 spiro atoms. The van der Waals surface area contributed by atoms with Crippen LogP contribution in [-0.4, -0.2) is 16.4 Å². The summed E-state index contributed by atoms with van der Waals surface area (Å²) in [5.41, 5.74) is 7.48. The Balaban J connectivity index is 1.55. The van der Waals surface area contributed by atoms with Crippen molar-refractivity contribution in [2.24, 2.45) is 7.05 Å². The van der Waals surface area contributed by atoms with Crippen LogP contribution in [-0.2, 0) is 7.05 Å². The lowest BCUT2D eigenvalue weighted by atomic mass is 10.1. The third-order valence-electron chi connectivity index (χ3n) is 4.54. The number of fused-ring (bicyclic) bond motifs is 2. The van der Waals surface area contributed by atoms with Gasteiger partial charge in [-0.15, -0.1) is 0 Å². The Morgan fingerprint density at radius 2 is 1.78 bits per heavy atom. The van der Waals surface area contributed by atoms with Gasteiger partial charge in [0.2, 0.25) is 0 Å². The summed E-state index contributed by atoms with van der Waals surface area (Å²) >= 11 is 6.00. The van der Waals surface area contributed by atoms with Gasteiger partial charge in [-0.3, -0.25) is 20.4 Å². The number of para-hydroxylation sites is 1. The van der Waals surface area contributed by atoms with Crippen molar-refractivity contribution in [2.75, 3.05) is 0 Å². The van der Waals surface area contributed by atoms with Gasteiger partial charge in [0.15, 0.2) is 5.76 Å². The molecule has 2 aromatic carbocycles. The minimum Gasteiger partial charge on any atom is -0.451 e. The smallest absolute Gasteiger partial charge is 0.305 e. The van der Waals surface area contributed by atoms with Crippen LogP contribution in [0.3, 0.4) is 0 Å². The predicted molar refractivity (Wildman–Crippen MR) is 104 cm³/mol. The molecule has 0 aliphatic heterocycles. The highest BCUT2D eigenvalue weighted by atomic mass is 35.5. The fraction of sp³-hybridized carbons (Fsp3) is 0.100. The van der Waals surface area contributed by atoms with E-state index in [9.17, 15) is 9.59 Å². The number of benzene rings is 2. The molecule has 0 radical (unpaired) electrons. The molecule has 2 N–H and O–H groups in total. The third kappa shape index (κ3) is 2.94. The van der Waals surface area contributed by atoms with Crippen LogP contribution >= 0.6 is 11.6 Å². The van der Waals surface area contributed by atoms with E-state index in [1.165, 1.54) is 0 Å². The quantitative estimate of drug-likeness (QED) is 0.516. The van der Waals surface area contributed by atoms with Crippen LogP contribution in [0.4, 0.5) is 0 Å². The summed E-state index contributed by atoms with van der Waals surface area (Å²) in [5.74, 6) is -0.809. The number of furan rings is 1. The van der Waals surface area contributed by atoms with Gasteiger partial charge >= 0.3 is 5.91 Å². The normalized spacial score (nSPS) is 11.1. The molecule has 136 valence electrons. The highest BCUT2D eigenvalue weighted by Crippen LogP contribution is 2.27. The van der Waals surface area contributed by atoms with E-state index < -0.39 is 11.8 Å². The molecular weight excluding hydrogens is 366 g/mol. The lowest BCUT2D eigenvalue weighted by Crippen LogP contribution is -2.41. The van der Waals surface area contributed by atoms with Crippen LogP contribution in [0, 0.1) is 6.92 Å². The topological polar surface area (TPSA) is 76.3 Å². The molecule has 0 aliphatic rings. The number of nitrogens with one attached hydrogen (secondary N) is 2. The molecule has 27 heavy (non-hydrogen) atoms. The molecule has 0 saturated heterocycles. The minimum atomic E-state index is -0.534. The predicted octanol–water partition coefficient (Wildman–Crippen LogP) is 3.96. The summed E-state index contributed by atoms with van der Waals surface area (Å²) in [5, 5.41) is 2.12. The van der Waals surface area contributed by atoms with E-state index in [4.69, 9.17) is 16.0 Å². The van der Waals surface area contributed by atoms with Crippen molar-refractivity contribution in [3.8, 4) is 0 Å². The van der Waals surface area contributed by atoms with Crippen molar-refractivity contribution in [1.29, 1.82) is 0 Å². The van der Waals surface area contributed by atoms with Gasteiger partial charge in [-0.25, -0.2) is 0 Å². The fourth-order valence-electron chi connectivity index (χ4n) is 3.17. The molecule has 2 aromatic heterocycles. The Morgan fingerprint density at radius 1 is 1.04 bits per heavy atom. The number of carbonyl (C=O) groups excluding carboxylic acids is 2. The standard InChI is InChI=1S/C20H16ClN3O3/c1-11-14-9-12(21)7-8-17(14)27-18(11)20(26)23-22-19(25)15-10-24(2)16-6-4-3-5-13(15)16/h3-10H,1-2H3,(H,22,25)(H,23,26). The van der Waals surface area contributed by atoms with E-state index in [-0.39, 0.29) is 5.76 Å². The van der Waals surface area contributed by atoms with Crippen LogP contribution in [0.1, 0.15) is 26.5 Å². The van der Waals surface area contributed by atoms with E-state index in [2.05, 4.69) is 10.9 Å². The van der Waals surface area contributed by atoms with Gasteiger partial charge in [-0.1, -0.05) is 29.8 Å². The number of amides is 2. The van der Waals surface area contributed by atoms with Crippen LogP contribution in [0.25, 0.3) is 21.9 Å². The molecule has 6 nitrogen and oxygen atoms in total. The summed E-state index contributed by atoms with van der Waals surface area (Å²) < 4.78 is 7.46. The van der Waals surface area contributed by atoms with E-state index in [1.54, 1.807) is 31.3 Å². The maximum atomic E-state index is 12.5. The molecular formula is C20H16ClN3O3. The van der Waals surface area contributed by atoms with Crippen molar-refractivity contribution in [3.05, 3.63) is 70.6 Å². The van der Waals surface area contributed by atoms with Gasteiger partial charge in [-0.05, 0) is 31.2 Å². The highest BCUT2D eigenvalue weighted by molar-refractivity contribution is 6.31. The van der Waals surface area contributed by atoms with Crippen LogP contribution in [0.2, 0.25) is 5.02 Å². The van der Waals surface area contributed by atoms with Crippen molar-refractivity contribution in [3.63, 3.8) is 0 Å². The number of aryl methyl sites for hydroxylation is 2. The number of hydrazine groups is 1. The number of rotatable bonds is 2. The molecule has 2 amide bonds. The van der Waals surface area contributed by atoms with Crippen molar-refractivity contribution >= 4 is 45.3 Å². The van der Waals surface area contributed by atoms with Gasteiger partial charge in [0.25, 0.3) is 5.91 Å². The zero-order valence-corrected chi connectivity index (χ0v) is 15.4. The van der Waals surface area contributed by atoms with E-state index >= 15 is 0 Å². The zero-order valence-electron chi connectivity index (χ0n) is 14.7. The molecule has 0 fully saturated rings. The average molecular weight is 382 g/mol. The van der Waals surface area contributed by atoms with Gasteiger partial charge in [0.1, 0.15) is 5.58 Å². The Morgan fingerprint density at radius 3 is 2.59 bits per heavy atom. The van der Waals surface area contributed by atoms with Crippen LogP contribution < -0.4 is 10.9 Å². The summed E-state index contributed by atoms with van der Waals surface area (Å²) in [6.45, 7) is 1.77. The largest absolute Gasteiger partial charge is 0.451 e. The Kier molecular flexibility index (Phi) is 4.12. The summed E-state index contributed by atoms with van der Waals surface area (Å²) in [6, 6.07) is 12.7. The van der Waals surface area contributed by atoms with Gasteiger partial charge < -0.3 is 8.98 Å². The first-order valence-corrected chi connectivity index (χ1v) is 8.67. The summed E-state index contributed by atoms with van der Waals surface area (Å²) in [4.78, 5) is 25.0. The maximum Gasteiger partial charge on any atom is 0.305 e. The lowest BCUT2D eigenvalue weighted by Gasteiger charge is -2.05. The second-order valence-electron chi connectivity index (χ2n) is 6.28. The van der Waals surface area contributed by atoms with Gasteiger partial charge in [0.05, 0.1) is 5.56 Å². The molecule has 7 heteroatoms. The number of halogens is 1. The number of hydrogen-bond donors (Lipinski definition) is 2. The molecule has 4 rings (SSSR count). The van der Waals surface area contributed by atoms with E-state index in [0.29, 0.717) is 21.7 Å². The Labute approximate surface area is 159 Å². The summed E-state index contributed by atoms with van der Waals surface area (Å²) in [7, 11) is 1.86. The number of aromatic nitrogens is 1. The molecule has 0 unspecified atom stereocenters. The number of carbonyl (C=O) groups is 2. The Bertz CT molecular complexity index is 1210.